The summed E-state index contributed by atoms with van der Waals surface area (Å²) in [6, 6.07) is 0. The van der Waals surface area contributed by atoms with Crippen LogP contribution in [0.4, 0.5) is 4.79 Å². The first-order valence-electron chi connectivity index (χ1n) is 26.5. The fourth-order valence-electron chi connectivity index (χ4n) is 8.32. The van der Waals surface area contributed by atoms with Gasteiger partial charge in [0.15, 0.2) is 0 Å². The van der Waals surface area contributed by atoms with Crippen LogP contribution in [0.25, 0.3) is 0 Å². The molecule has 0 aromatic heterocycles. The van der Waals surface area contributed by atoms with Gasteiger partial charge in [-0.3, -0.25) is 4.79 Å². The predicted molar refractivity (Wildman–Crippen MR) is 257 cm³/mol. The molecule has 1 amide bonds. The molecule has 7 heteroatoms. The lowest BCUT2D eigenvalue weighted by Gasteiger charge is -2.23. The summed E-state index contributed by atoms with van der Waals surface area (Å²) in [5, 5.41) is 0. The summed E-state index contributed by atoms with van der Waals surface area (Å²) >= 11 is 0. The van der Waals surface area contributed by atoms with Crippen molar-refractivity contribution in [2.75, 3.05) is 65.6 Å². The van der Waals surface area contributed by atoms with Crippen LogP contribution >= 0.6 is 0 Å². The number of unbranched alkanes of at least 4 members (excludes halogenated alkanes) is 24. The highest BCUT2D eigenvalue weighted by Gasteiger charge is 2.19. The number of amides is 1. The zero-order valence-corrected chi connectivity index (χ0v) is 41.0. The van der Waals surface area contributed by atoms with E-state index in [4.69, 9.17) is 9.47 Å². The second-order valence-corrected chi connectivity index (χ2v) is 18.0. The molecule has 0 aliphatic carbocycles. The Morgan fingerprint density at radius 3 is 1.14 bits per heavy atom. The Morgan fingerprint density at radius 1 is 0.356 bits per heavy atom. The van der Waals surface area contributed by atoms with Crippen LogP contribution in [0.5, 0.6) is 0 Å². The third-order valence-electron chi connectivity index (χ3n) is 12.5. The first-order valence-corrected chi connectivity index (χ1v) is 26.5. The average molecular weight is 836 g/mol. The molecule has 0 heterocycles. The van der Waals surface area contributed by atoms with Crippen molar-refractivity contribution in [3.8, 4) is 0 Å². The summed E-state index contributed by atoms with van der Waals surface area (Å²) in [6.45, 7) is 23.4. The standard InChI is InChI=1S/C52H105N3O4/c1-7-13-17-21-23-31-41-50(40-30-19-15-9-3)51(56)58-48-38-27-25-32-43-54(45-35-29-34-42-53(11-5)12-6)44-33-26-28-39-49-59-52(57)55(46-36-20-16-10-4)47-37-24-22-18-14-8-2/h50H,7-49H2,1-6H3. The molecule has 0 aromatic rings. The minimum atomic E-state index is -0.0918. The number of hydrogen-bond donors (Lipinski definition) is 0. The maximum absolute atomic E-state index is 13.1. The molecule has 0 aromatic carbocycles. The Balaban J connectivity index is 4.65. The summed E-state index contributed by atoms with van der Waals surface area (Å²) in [4.78, 5) is 33.3. The maximum Gasteiger partial charge on any atom is 0.409 e. The van der Waals surface area contributed by atoms with E-state index < -0.39 is 0 Å². The quantitative estimate of drug-likeness (QED) is 0.0449. The lowest BCUT2D eigenvalue weighted by molar-refractivity contribution is -0.149. The molecule has 7 nitrogen and oxygen atoms in total. The molecule has 0 aliphatic rings. The molecule has 1 atom stereocenters. The molecule has 352 valence electrons. The van der Waals surface area contributed by atoms with Crippen molar-refractivity contribution in [1.82, 2.24) is 14.7 Å². The second-order valence-electron chi connectivity index (χ2n) is 18.0. The summed E-state index contributed by atoms with van der Waals surface area (Å²) in [6.07, 6.45) is 39.6. The lowest BCUT2D eigenvalue weighted by Crippen LogP contribution is -2.33. The van der Waals surface area contributed by atoms with E-state index in [1.54, 1.807) is 0 Å². The molecular weight excluding hydrogens is 731 g/mol. The van der Waals surface area contributed by atoms with Crippen LogP contribution in [-0.2, 0) is 14.3 Å². The van der Waals surface area contributed by atoms with Crippen LogP contribution in [0.1, 0.15) is 253 Å². The monoisotopic (exact) mass is 836 g/mol. The van der Waals surface area contributed by atoms with E-state index in [-0.39, 0.29) is 18.0 Å². The van der Waals surface area contributed by atoms with Crippen LogP contribution in [-0.4, -0.2) is 92.3 Å². The summed E-state index contributed by atoms with van der Waals surface area (Å²) in [7, 11) is 0. The Hall–Kier alpha value is -1.34. The molecule has 0 fully saturated rings. The summed E-state index contributed by atoms with van der Waals surface area (Å²) in [5.41, 5.74) is 0. The summed E-state index contributed by atoms with van der Waals surface area (Å²) < 4.78 is 11.7. The number of ether oxygens (including phenoxy) is 2. The fraction of sp³-hybridized carbons (Fsp3) is 0.962. The highest BCUT2D eigenvalue weighted by atomic mass is 16.6. The van der Waals surface area contributed by atoms with Gasteiger partial charge in [-0.25, -0.2) is 4.79 Å². The highest BCUT2D eigenvalue weighted by molar-refractivity contribution is 5.72. The van der Waals surface area contributed by atoms with E-state index in [2.05, 4.69) is 51.3 Å². The van der Waals surface area contributed by atoms with Gasteiger partial charge in [0, 0.05) is 13.1 Å². The van der Waals surface area contributed by atoms with Crippen molar-refractivity contribution in [2.24, 2.45) is 5.92 Å². The SMILES string of the molecule is CCCCCCCCC(CCCCCC)C(=O)OCCCCCCN(CCCCCCOC(=O)N(CCCCCC)CCCCCCCC)CCCCCN(CC)CC. The van der Waals surface area contributed by atoms with Crippen LogP contribution in [0.15, 0.2) is 0 Å². The third kappa shape index (κ3) is 38.1. The first-order chi connectivity index (χ1) is 29.0. The van der Waals surface area contributed by atoms with Gasteiger partial charge in [0.1, 0.15) is 0 Å². The largest absolute Gasteiger partial charge is 0.465 e. The normalized spacial score (nSPS) is 12.1. The van der Waals surface area contributed by atoms with Gasteiger partial charge in [-0.15, -0.1) is 0 Å². The van der Waals surface area contributed by atoms with E-state index in [1.165, 1.54) is 161 Å². The number of esters is 1. The van der Waals surface area contributed by atoms with E-state index in [0.717, 1.165) is 103 Å². The Bertz CT molecular complexity index is 811. The van der Waals surface area contributed by atoms with Gasteiger partial charge in [-0.2, -0.15) is 0 Å². The van der Waals surface area contributed by atoms with E-state index in [0.29, 0.717) is 13.2 Å². The molecule has 59 heavy (non-hydrogen) atoms. The topological polar surface area (TPSA) is 62.3 Å². The fourth-order valence-corrected chi connectivity index (χ4v) is 8.32. The number of nitrogens with zero attached hydrogens (tertiary/aromatic N) is 3. The number of rotatable bonds is 47. The number of carbonyl (C=O) groups is 2. The zero-order chi connectivity index (χ0) is 43.3. The van der Waals surface area contributed by atoms with Gasteiger partial charge in [0.25, 0.3) is 0 Å². The molecular formula is C52H105N3O4. The molecule has 0 saturated carbocycles. The molecule has 0 bridgehead atoms. The van der Waals surface area contributed by atoms with E-state index in [1.807, 2.05) is 4.90 Å². The molecule has 1 unspecified atom stereocenters. The predicted octanol–water partition coefficient (Wildman–Crippen LogP) is 15.2. The maximum atomic E-state index is 13.1. The van der Waals surface area contributed by atoms with Crippen molar-refractivity contribution in [3.05, 3.63) is 0 Å². The Morgan fingerprint density at radius 2 is 0.678 bits per heavy atom. The van der Waals surface area contributed by atoms with Crippen molar-refractivity contribution in [2.45, 2.75) is 253 Å². The van der Waals surface area contributed by atoms with Crippen molar-refractivity contribution >= 4 is 12.1 Å². The van der Waals surface area contributed by atoms with Gasteiger partial charge in [-0.1, -0.05) is 189 Å². The van der Waals surface area contributed by atoms with Gasteiger partial charge in [-0.05, 0) is 103 Å². The Labute approximate surface area is 369 Å². The van der Waals surface area contributed by atoms with Gasteiger partial charge >= 0.3 is 12.1 Å². The molecule has 0 rings (SSSR count). The van der Waals surface area contributed by atoms with Crippen molar-refractivity contribution in [1.29, 1.82) is 0 Å². The van der Waals surface area contributed by atoms with Crippen LogP contribution < -0.4 is 0 Å². The van der Waals surface area contributed by atoms with Gasteiger partial charge in [0.2, 0.25) is 0 Å². The minimum absolute atomic E-state index is 0.0728. The van der Waals surface area contributed by atoms with Crippen LogP contribution in [0.3, 0.4) is 0 Å². The number of carbonyl (C=O) groups excluding carboxylic acids is 2. The van der Waals surface area contributed by atoms with Crippen molar-refractivity contribution < 1.29 is 19.1 Å². The number of hydrogen-bond acceptors (Lipinski definition) is 6. The first kappa shape index (κ1) is 57.7. The van der Waals surface area contributed by atoms with E-state index in [9.17, 15) is 9.59 Å². The smallest absolute Gasteiger partial charge is 0.409 e. The Kier molecular flexibility index (Phi) is 45.1. The molecule has 0 N–H and O–H groups in total. The lowest BCUT2D eigenvalue weighted by atomic mass is 9.94. The molecule has 0 saturated heterocycles. The van der Waals surface area contributed by atoms with Crippen LogP contribution in [0, 0.1) is 5.92 Å². The third-order valence-corrected chi connectivity index (χ3v) is 12.5. The molecule has 0 radical (unpaired) electrons. The van der Waals surface area contributed by atoms with Gasteiger partial charge in [0.05, 0.1) is 19.1 Å². The summed E-state index contributed by atoms with van der Waals surface area (Å²) in [5.74, 6) is 0.174. The molecule has 0 spiro atoms. The minimum Gasteiger partial charge on any atom is -0.465 e. The second kappa shape index (κ2) is 46.2. The average Bonchev–Trinajstić information content (AvgIpc) is 3.24. The molecule has 0 aliphatic heterocycles. The van der Waals surface area contributed by atoms with Gasteiger partial charge < -0.3 is 24.2 Å². The zero-order valence-electron chi connectivity index (χ0n) is 41.0. The van der Waals surface area contributed by atoms with Crippen molar-refractivity contribution in [3.63, 3.8) is 0 Å². The van der Waals surface area contributed by atoms with Crippen LogP contribution in [0.2, 0.25) is 0 Å². The highest BCUT2D eigenvalue weighted by Crippen LogP contribution is 2.21. The van der Waals surface area contributed by atoms with E-state index >= 15 is 0 Å².